The topological polar surface area (TPSA) is 65.1 Å². The second kappa shape index (κ2) is 11.7. The molecule has 2 fully saturated rings. The Labute approximate surface area is 211 Å². The average molecular weight is 501 g/mol. The summed E-state index contributed by atoms with van der Waals surface area (Å²) >= 11 is 0. The lowest BCUT2D eigenvalue weighted by Crippen LogP contribution is -2.47. The Kier molecular flexibility index (Phi) is 8.70. The van der Waals surface area contributed by atoms with Gasteiger partial charge in [0.1, 0.15) is 5.75 Å². The first-order chi connectivity index (χ1) is 16.9. The van der Waals surface area contributed by atoms with Crippen LogP contribution in [0.3, 0.4) is 0 Å². The number of ether oxygens (including phenoxy) is 1. The molecule has 7 nitrogen and oxygen atoms in total. The zero-order valence-electron chi connectivity index (χ0n) is 21.3. The molecule has 1 N–H and O–H groups in total. The molecular weight excluding hydrogens is 460 g/mol. The Bertz CT molecular complexity index is 1050. The maximum Gasteiger partial charge on any atom is 0.279 e. The van der Waals surface area contributed by atoms with Crippen molar-refractivity contribution in [3.8, 4) is 16.9 Å². The fourth-order valence-electron chi connectivity index (χ4n) is 5.21. The summed E-state index contributed by atoms with van der Waals surface area (Å²) in [5, 5.41) is 0. The van der Waals surface area contributed by atoms with Gasteiger partial charge in [0.25, 0.3) is 10.2 Å². The molecule has 0 spiro atoms. The minimum absolute atomic E-state index is 0.0745. The van der Waals surface area contributed by atoms with Crippen LogP contribution in [-0.2, 0) is 10.2 Å². The van der Waals surface area contributed by atoms with Crippen LogP contribution in [0.1, 0.15) is 32.1 Å². The van der Waals surface area contributed by atoms with Gasteiger partial charge in [-0.15, -0.1) is 0 Å². The van der Waals surface area contributed by atoms with Gasteiger partial charge in [0.2, 0.25) is 0 Å². The van der Waals surface area contributed by atoms with Crippen molar-refractivity contribution < 1.29 is 13.2 Å². The van der Waals surface area contributed by atoms with E-state index in [-0.39, 0.29) is 6.04 Å². The number of methoxy groups -OCH3 is 1. The molecule has 192 valence electrons. The van der Waals surface area contributed by atoms with Crippen molar-refractivity contribution in [3.05, 3.63) is 48.5 Å². The Balaban J connectivity index is 1.23. The maximum absolute atomic E-state index is 12.1. The fraction of sp³-hybridized carbons (Fsp3) is 0.556. The summed E-state index contributed by atoms with van der Waals surface area (Å²) in [5.41, 5.74) is 3.55. The van der Waals surface area contributed by atoms with E-state index in [1.54, 1.807) is 21.2 Å². The van der Waals surface area contributed by atoms with Gasteiger partial charge >= 0.3 is 0 Å². The van der Waals surface area contributed by atoms with Gasteiger partial charge in [-0.25, -0.2) is 0 Å². The van der Waals surface area contributed by atoms with E-state index in [2.05, 4.69) is 57.0 Å². The van der Waals surface area contributed by atoms with E-state index in [1.807, 2.05) is 6.07 Å². The molecule has 1 aliphatic heterocycles. The molecule has 1 aliphatic carbocycles. The van der Waals surface area contributed by atoms with Crippen molar-refractivity contribution in [2.75, 3.05) is 58.8 Å². The number of hydrogen-bond donors (Lipinski definition) is 1. The smallest absolute Gasteiger partial charge is 0.279 e. The number of hydrogen-bond acceptors (Lipinski definition) is 5. The quantitative estimate of drug-likeness (QED) is 0.567. The number of nitrogens with one attached hydrogen (secondary N) is 1. The molecule has 0 unspecified atom stereocenters. The Morgan fingerprint density at radius 2 is 1.63 bits per heavy atom. The Hall–Kier alpha value is -2.13. The van der Waals surface area contributed by atoms with Crippen molar-refractivity contribution in [1.29, 1.82) is 0 Å². The monoisotopic (exact) mass is 500 g/mol. The maximum atomic E-state index is 12.1. The second-order valence-corrected chi connectivity index (χ2v) is 11.9. The van der Waals surface area contributed by atoms with E-state index in [9.17, 15) is 8.42 Å². The molecule has 35 heavy (non-hydrogen) atoms. The summed E-state index contributed by atoms with van der Waals surface area (Å²) in [6.45, 7) is 5.24. The highest BCUT2D eigenvalue weighted by Gasteiger charge is 2.27. The average Bonchev–Trinajstić information content (AvgIpc) is 2.88. The van der Waals surface area contributed by atoms with Crippen LogP contribution in [0.2, 0.25) is 0 Å². The van der Waals surface area contributed by atoms with Crippen molar-refractivity contribution >= 4 is 15.9 Å². The van der Waals surface area contributed by atoms with Gasteiger partial charge in [-0.1, -0.05) is 36.4 Å². The van der Waals surface area contributed by atoms with E-state index < -0.39 is 10.2 Å². The largest absolute Gasteiger partial charge is 0.495 e. The third-order valence-corrected chi connectivity index (χ3v) is 9.09. The zero-order valence-corrected chi connectivity index (χ0v) is 22.1. The second-order valence-electron chi connectivity index (χ2n) is 9.99. The van der Waals surface area contributed by atoms with Crippen molar-refractivity contribution in [2.24, 2.45) is 5.92 Å². The van der Waals surface area contributed by atoms with Gasteiger partial charge in [-0.3, -0.25) is 4.90 Å². The van der Waals surface area contributed by atoms with Crippen LogP contribution in [0.4, 0.5) is 5.69 Å². The Morgan fingerprint density at radius 3 is 2.26 bits per heavy atom. The lowest BCUT2D eigenvalue weighted by Gasteiger charge is -2.37. The molecule has 1 saturated carbocycles. The molecule has 0 atom stereocenters. The lowest BCUT2D eigenvalue weighted by molar-refractivity contribution is 0.214. The fourth-order valence-corrected chi connectivity index (χ4v) is 6.08. The Morgan fingerprint density at radius 1 is 0.943 bits per heavy atom. The molecule has 1 saturated heterocycles. The highest BCUT2D eigenvalue weighted by atomic mass is 32.2. The summed E-state index contributed by atoms with van der Waals surface area (Å²) < 4.78 is 34.0. The van der Waals surface area contributed by atoms with Crippen LogP contribution in [-0.4, -0.2) is 77.6 Å². The van der Waals surface area contributed by atoms with Crippen molar-refractivity contribution in [3.63, 3.8) is 0 Å². The number of rotatable bonds is 9. The molecule has 2 aromatic carbocycles. The van der Waals surface area contributed by atoms with E-state index in [1.165, 1.54) is 27.5 Å². The minimum Gasteiger partial charge on any atom is -0.495 e. The molecule has 0 bridgehead atoms. The van der Waals surface area contributed by atoms with Gasteiger partial charge < -0.3 is 9.64 Å². The highest BCUT2D eigenvalue weighted by molar-refractivity contribution is 7.87. The number of anilines is 1. The molecule has 2 aromatic rings. The van der Waals surface area contributed by atoms with Crippen LogP contribution >= 0.6 is 0 Å². The molecule has 1 heterocycles. The predicted octanol–water partition coefficient (Wildman–Crippen LogP) is 3.83. The first-order valence-corrected chi connectivity index (χ1v) is 14.2. The number of benzene rings is 2. The van der Waals surface area contributed by atoms with Crippen LogP contribution in [0, 0.1) is 5.92 Å². The summed E-state index contributed by atoms with van der Waals surface area (Å²) in [4.78, 5) is 5.01. The molecule has 2 aliphatic rings. The van der Waals surface area contributed by atoms with Gasteiger partial charge in [0, 0.05) is 46.3 Å². The number of nitrogens with zero attached hydrogens (tertiary/aromatic N) is 3. The minimum atomic E-state index is -3.33. The van der Waals surface area contributed by atoms with Gasteiger partial charge in [-0.05, 0) is 67.8 Å². The molecule has 8 heteroatoms. The van der Waals surface area contributed by atoms with Crippen molar-refractivity contribution in [2.45, 2.75) is 38.1 Å². The van der Waals surface area contributed by atoms with E-state index >= 15 is 0 Å². The molecule has 0 amide bonds. The van der Waals surface area contributed by atoms with Crippen LogP contribution in [0.25, 0.3) is 11.1 Å². The summed E-state index contributed by atoms with van der Waals surface area (Å²) in [6, 6.07) is 17.0. The highest BCUT2D eigenvalue weighted by Crippen LogP contribution is 2.34. The zero-order chi connectivity index (χ0) is 24.8. The normalized spacial score (nSPS) is 21.9. The first kappa shape index (κ1) is 25.9. The number of piperazine rings is 1. The lowest BCUT2D eigenvalue weighted by atomic mass is 9.84. The summed E-state index contributed by atoms with van der Waals surface area (Å²) in [5.74, 6) is 1.63. The van der Waals surface area contributed by atoms with E-state index in [0.29, 0.717) is 5.92 Å². The third-order valence-electron chi connectivity index (χ3n) is 7.50. The third kappa shape index (κ3) is 6.76. The molecule has 0 aromatic heterocycles. The standard InChI is InChI=1S/C27H40N4O3S/c1-29(2)35(32,33)28-25-12-9-22(10-13-25)15-16-30-17-19-31(20-18-30)26-14-11-24(21-27(26)34-3)23-7-5-4-6-8-23/h4-8,11,14,21-22,25,28H,9-10,12-13,15-20H2,1-3H3. The van der Waals surface area contributed by atoms with Gasteiger partial charge in [0.15, 0.2) is 0 Å². The predicted molar refractivity (Wildman–Crippen MR) is 143 cm³/mol. The van der Waals surface area contributed by atoms with Gasteiger partial charge in [-0.2, -0.15) is 17.4 Å². The van der Waals surface area contributed by atoms with Gasteiger partial charge in [0.05, 0.1) is 12.8 Å². The molecule has 0 radical (unpaired) electrons. The molecular formula is C27H40N4O3S. The summed E-state index contributed by atoms with van der Waals surface area (Å²) in [6.07, 6.45) is 5.27. The van der Waals surface area contributed by atoms with Crippen LogP contribution in [0.5, 0.6) is 5.75 Å². The first-order valence-electron chi connectivity index (χ1n) is 12.8. The van der Waals surface area contributed by atoms with E-state index in [4.69, 9.17) is 4.74 Å². The van der Waals surface area contributed by atoms with E-state index in [0.717, 1.165) is 64.2 Å². The molecule has 4 rings (SSSR count). The summed E-state index contributed by atoms with van der Waals surface area (Å²) in [7, 11) is 1.57. The van der Waals surface area contributed by atoms with Crippen LogP contribution < -0.4 is 14.4 Å². The van der Waals surface area contributed by atoms with Crippen LogP contribution in [0.15, 0.2) is 48.5 Å². The SMILES string of the molecule is COc1cc(-c2ccccc2)ccc1N1CCN(CCC2CCC(NS(=O)(=O)N(C)C)CC2)CC1. The van der Waals surface area contributed by atoms with Crippen molar-refractivity contribution in [1.82, 2.24) is 13.9 Å².